The third kappa shape index (κ3) is 5.04. The van der Waals surface area contributed by atoms with E-state index in [0.717, 1.165) is 14.5 Å². The van der Waals surface area contributed by atoms with Crippen LogP contribution in [-0.2, 0) is 0 Å². The van der Waals surface area contributed by atoms with Gasteiger partial charge in [0.15, 0.2) is 11.5 Å². The number of benzene rings is 2. The SMILES string of the molecule is CC.CC.N#Cc1ccc(/C=C2\Oc3c(Br)cc(Br)cc3C2=O)cc1. The predicted octanol–water partition coefficient (Wildman–Crippen LogP) is 6.75. The summed E-state index contributed by atoms with van der Waals surface area (Å²) in [6.07, 6.45) is 1.67. The van der Waals surface area contributed by atoms with Crippen molar-refractivity contribution in [2.45, 2.75) is 27.7 Å². The van der Waals surface area contributed by atoms with Crippen LogP contribution in [0.15, 0.2) is 51.1 Å². The van der Waals surface area contributed by atoms with Crippen molar-refractivity contribution in [1.29, 1.82) is 5.26 Å². The summed E-state index contributed by atoms with van der Waals surface area (Å²) in [5.74, 6) is 0.646. The van der Waals surface area contributed by atoms with Crippen LogP contribution < -0.4 is 4.74 Å². The molecule has 0 N–H and O–H groups in total. The van der Waals surface area contributed by atoms with Crippen LogP contribution in [0.5, 0.6) is 5.75 Å². The number of hydrogen-bond donors (Lipinski definition) is 0. The first-order chi connectivity index (χ1) is 12.1. The van der Waals surface area contributed by atoms with Crippen LogP contribution in [0.25, 0.3) is 6.08 Å². The fourth-order valence-electron chi connectivity index (χ4n) is 2.02. The van der Waals surface area contributed by atoms with E-state index in [4.69, 9.17) is 10.00 Å². The van der Waals surface area contributed by atoms with Gasteiger partial charge in [-0.3, -0.25) is 4.79 Å². The predicted molar refractivity (Wildman–Crippen MR) is 109 cm³/mol. The molecule has 3 nitrogen and oxygen atoms in total. The van der Waals surface area contributed by atoms with Gasteiger partial charge in [-0.05, 0) is 51.8 Å². The second-order valence-corrected chi connectivity index (χ2v) is 6.21. The lowest BCUT2D eigenvalue weighted by atomic mass is 10.1. The third-order valence-electron chi connectivity index (χ3n) is 3.03. The van der Waals surface area contributed by atoms with Gasteiger partial charge in [0.2, 0.25) is 5.78 Å². The molecule has 0 aliphatic carbocycles. The summed E-state index contributed by atoms with van der Waals surface area (Å²) in [4.78, 5) is 12.3. The number of rotatable bonds is 1. The van der Waals surface area contributed by atoms with E-state index >= 15 is 0 Å². The number of carbonyl (C=O) groups excluding carboxylic acids is 1. The van der Waals surface area contributed by atoms with Gasteiger partial charge in [0.25, 0.3) is 0 Å². The Kier molecular flexibility index (Phi) is 8.60. The standard InChI is InChI=1S/C16H7Br2NO2.2C2H6/c17-11-6-12-15(20)14(21-16(12)13(18)7-11)5-9-1-3-10(8-19)4-2-9;2*1-2/h1-7H;2*1-2H3/b14-5-;;. The lowest BCUT2D eigenvalue weighted by molar-refractivity contribution is 0.101. The molecule has 1 aliphatic heterocycles. The molecule has 130 valence electrons. The molecule has 0 fully saturated rings. The van der Waals surface area contributed by atoms with Gasteiger partial charge in [-0.15, -0.1) is 0 Å². The maximum atomic E-state index is 12.3. The summed E-state index contributed by atoms with van der Waals surface area (Å²) in [6.45, 7) is 8.00. The largest absolute Gasteiger partial charge is 0.451 e. The zero-order valence-corrected chi connectivity index (χ0v) is 17.7. The zero-order valence-electron chi connectivity index (χ0n) is 14.6. The van der Waals surface area contributed by atoms with E-state index in [2.05, 4.69) is 37.9 Å². The first-order valence-electron chi connectivity index (χ1n) is 8.02. The molecule has 0 radical (unpaired) electrons. The number of nitriles is 1. The number of hydrogen-bond acceptors (Lipinski definition) is 3. The van der Waals surface area contributed by atoms with Crippen molar-refractivity contribution in [2.75, 3.05) is 0 Å². The highest BCUT2D eigenvalue weighted by Crippen LogP contribution is 2.40. The average Bonchev–Trinajstić information content (AvgIpc) is 2.96. The summed E-state index contributed by atoms with van der Waals surface area (Å²) < 4.78 is 7.18. The van der Waals surface area contributed by atoms with Gasteiger partial charge >= 0.3 is 0 Å². The first kappa shape index (κ1) is 21.1. The number of ether oxygens (including phenoxy) is 1. The molecule has 3 rings (SSSR count). The maximum Gasteiger partial charge on any atom is 0.232 e. The van der Waals surface area contributed by atoms with Crippen molar-refractivity contribution in [1.82, 2.24) is 0 Å². The Labute approximate surface area is 165 Å². The molecule has 1 aliphatic rings. The number of allylic oxidation sites excluding steroid dienone is 1. The van der Waals surface area contributed by atoms with E-state index in [0.29, 0.717) is 16.9 Å². The number of carbonyl (C=O) groups is 1. The molecule has 1 heterocycles. The minimum atomic E-state index is -0.156. The third-order valence-corrected chi connectivity index (χ3v) is 4.07. The number of ketones is 1. The first-order valence-corrected chi connectivity index (χ1v) is 9.60. The average molecular weight is 465 g/mol. The van der Waals surface area contributed by atoms with Crippen molar-refractivity contribution in [3.63, 3.8) is 0 Å². The van der Waals surface area contributed by atoms with Crippen LogP contribution in [-0.4, -0.2) is 5.78 Å². The van der Waals surface area contributed by atoms with Gasteiger partial charge in [-0.1, -0.05) is 55.8 Å². The lowest BCUT2D eigenvalue weighted by Crippen LogP contribution is -1.98. The molecule has 0 spiro atoms. The Bertz CT molecular complexity index is 819. The molecule has 2 aromatic rings. The Morgan fingerprint density at radius 1 is 1.04 bits per heavy atom. The van der Waals surface area contributed by atoms with Crippen LogP contribution in [0.4, 0.5) is 0 Å². The van der Waals surface area contributed by atoms with Gasteiger partial charge in [-0.2, -0.15) is 5.26 Å². The Morgan fingerprint density at radius 3 is 2.20 bits per heavy atom. The molecule has 0 aromatic heterocycles. The molecule has 0 saturated carbocycles. The van der Waals surface area contributed by atoms with Crippen LogP contribution in [0, 0.1) is 11.3 Å². The molecular formula is C20H19Br2NO2. The van der Waals surface area contributed by atoms with E-state index in [-0.39, 0.29) is 11.5 Å². The van der Waals surface area contributed by atoms with Crippen LogP contribution in [0.1, 0.15) is 49.2 Å². The van der Waals surface area contributed by atoms with E-state index in [9.17, 15) is 4.79 Å². The molecule has 0 saturated heterocycles. The quantitative estimate of drug-likeness (QED) is 0.438. The number of fused-ring (bicyclic) bond motifs is 1. The molecule has 5 heteroatoms. The van der Waals surface area contributed by atoms with Gasteiger partial charge in [-0.25, -0.2) is 0 Å². The highest BCUT2D eigenvalue weighted by atomic mass is 79.9. The van der Waals surface area contributed by atoms with E-state index < -0.39 is 0 Å². The van der Waals surface area contributed by atoms with Crippen molar-refractivity contribution >= 4 is 43.7 Å². The second kappa shape index (κ2) is 10.2. The number of nitrogens with zero attached hydrogens (tertiary/aromatic N) is 1. The number of halogens is 2. The summed E-state index contributed by atoms with van der Waals surface area (Å²) in [7, 11) is 0. The summed E-state index contributed by atoms with van der Waals surface area (Å²) in [6, 6.07) is 12.6. The highest BCUT2D eigenvalue weighted by Gasteiger charge is 2.29. The summed E-state index contributed by atoms with van der Waals surface area (Å²) in [5, 5.41) is 8.78. The maximum absolute atomic E-state index is 12.3. The molecule has 2 aromatic carbocycles. The fraction of sp³-hybridized carbons (Fsp3) is 0.200. The minimum Gasteiger partial charge on any atom is -0.451 e. The van der Waals surface area contributed by atoms with Gasteiger partial charge in [0.1, 0.15) is 0 Å². The van der Waals surface area contributed by atoms with E-state index in [1.807, 2.05) is 33.8 Å². The summed E-state index contributed by atoms with van der Waals surface area (Å²) in [5.41, 5.74) is 1.90. The van der Waals surface area contributed by atoms with Crippen molar-refractivity contribution < 1.29 is 9.53 Å². The van der Waals surface area contributed by atoms with Gasteiger partial charge < -0.3 is 4.74 Å². The molecule has 25 heavy (non-hydrogen) atoms. The molecule has 0 amide bonds. The second-order valence-electron chi connectivity index (χ2n) is 4.44. The molecule has 0 unspecified atom stereocenters. The lowest BCUT2D eigenvalue weighted by Gasteiger charge is -2.01. The smallest absolute Gasteiger partial charge is 0.232 e. The summed E-state index contributed by atoms with van der Waals surface area (Å²) >= 11 is 6.74. The number of Topliss-reactive ketones (excluding diaryl/α,β-unsaturated/α-hetero) is 1. The zero-order chi connectivity index (χ0) is 19.0. The van der Waals surface area contributed by atoms with Crippen molar-refractivity contribution in [3.8, 4) is 11.8 Å². The molecule has 0 atom stereocenters. The molecular weight excluding hydrogens is 446 g/mol. The van der Waals surface area contributed by atoms with Crippen molar-refractivity contribution in [2.24, 2.45) is 0 Å². The normalized spacial score (nSPS) is 12.8. The van der Waals surface area contributed by atoms with Crippen LogP contribution in [0.3, 0.4) is 0 Å². The monoisotopic (exact) mass is 463 g/mol. The van der Waals surface area contributed by atoms with E-state index in [1.165, 1.54) is 0 Å². The van der Waals surface area contributed by atoms with Gasteiger partial charge in [0, 0.05) is 4.47 Å². The Morgan fingerprint density at radius 2 is 1.64 bits per heavy atom. The Balaban J connectivity index is 0.000000730. The van der Waals surface area contributed by atoms with Crippen LogP contribution in [0.2, 0.25) is 0 Å². The van der Waals surface area contributed by atoms with E-state index in [1.54, 1.807) is 36.4 Å². The highest BCUT2D eigenvalue weighted by molar-refractivity contribution is 9.11. The van der Waals surface area contributed by atoms with Crippen molar-refractivity contribution in [3.05, 3.63) is 67.8 Å². The Hall–Kier alpha value is -1.90. The fourth-order valence-corrected chi connectivity index (χ4v) is 3.33. The van der Waals surface area contributed by atoms with Crippen LogP contribution >= 0.6 is 31.9 Å². The molecule has 0 bridgehead atoms. The minimum absolute atomic E-state index is 0.156. The topological polar surface area (TPSA) is 50.1 Å². The van der Waals surface area contributed by atoms with Gasteiger partial charge in [0.05, 0.1) is 21.7 Å².